The van der Waals surface area contributed by atoms with E-state index in [2.05, 4.69) is 44.8 Å². The summed E-state index contributed by atoms with van der Waals surface area (Å²) in [6, 6.07) is 6.93. The van der Waals surface area contributed by atoms with Crippen molar-refractivity contribution in [1.29, 1.82) is 0 Å². The summed E-state index contributed by atoms with van der Waals surface area (Å²) in [6.45, 7) is 3.39. The van der Waals surface area contributed by atoms with Gasteiger partial charge in [-0.3, -0.25) is 0 Å². The third kappa shape index (κ3) is 4.83. The first-order chi connectivity index (χ1) is 16.3. The predicted molar refractivity (Wildman–Crippen MR) is 119 cm³/mol. The van der Waals surface area contributed by atoms with Crippen molar-refractivity contribution in [3.05, 3.63) is 53.1 Å². The zero-order valence-corrected chi connectivity index (χ0v) is 18.8. The van der Waals surface area contributed by atoms with Crippen molar-refractivity contribution in [3.8, 4) is 11.5 Å². The third-order valence-electron chi connectivity index (χ3n) is 5.29. The molecule has 9 nitrogen and oxygen atoms in total. The molecule has 176 valence electrons. The maximum atomic E-state index is 12.8. The number of alkyl halides is 3. The van der Waals surface area contributed by atoms with Gasteiger partial charge >= 0.3 is 12.1 Å². The van der Waals surface area contributed by atoms with Gasteiger partial charge in [0.2, 0.25) is 11.8 Å². The van der Waals surface area contributed by atoms with Gasteiger partial charge in [-0.1, -0.05) is 11.2 Å². The summed E-state index contributed by atoms with van der Waals surface area (Å²) < 4.78 is 42.7. The molecule has 1 N–H and O–H groups in total. The Hall–Kier alpha value is -3.61. The lowest BCUT2D eigenvalue weighted by molar-refractivity contribution is -0.159. The highest BCUT2D eigenvalue weighted by molar-refractivity contribution is 7.15. The third-order valence-corrected chi connectivity index (χ3v) is 6.12. The number of halogens is 3. The van der Waals surface area contributed by atoms with Gasteiger partial charge in [-0.05, 0) is 38.0 Å². The van der Waals surface area contributed by atoms with E-state index in [4.69, 9.17) is 0 Å². The van der Waals surface area contributed by atoms with Crippen molar-refractivity contribution in [2.45, 2.75) is 31.9 Å². The zero-order valence-electron chi connectivity index (χ0n) is 18.0. The van der Waals surface area contributed by atoms with Crippen LogP contribution in [0.3, 0.4) is 0 Å². The van der Waals surface area contributed by atoms with Crippen LogP contribution in [0, 0.1) is 6.92 Å². The number of rotatable bonds is 5. The molecular formula is C21H19F3N8OS. The van der Waals surface area contributed by atoms with E-state index in [0.29, 0.717) is 18.3 Å². The van der Waals surface area contributed by atoms with E-state index in [0.717, 1.165) is 35.1 Å². The van der Waals surface area contributed by atoms with Gasteiger partial charge in [-0.2, -0.15) is 23.1 Å². The minimum Gasteiger partial charge on any atom is -0.340 e. The van der Waals surface area contributed by atoms with Crippen molar-refractivity contribution in [1.82, 2.24) is 30.1 Å². The van der Waals surface area contributed by atoms with Gasteiger partial charge in [0.25, 0.3) is 0 Å². The molecule has 4 aromatic rings. The van der Waals surface area contributed by atoms with E-state index < -0.39 is 12.1 Å². The highest BCUT2D eigenvalue weighted by atomic mass is 32.1. The van der Waals surface area contributed by atoms with Crippen molar-refractivity contribution in [2.24, 2.45) is 0 Å². The van der Waals surface area contributed by atoms with E-state index in [9.17, 15) is 13.2 Å². The maximum Gasteiger partial charge on any atom is 0.471 e. The number of nitrogens with zero attached hydrogens (tertiary/aromatic N) is 7. The average Bonchev–Trinajstić information content (AvgIpc) is 3.49. The van der Waals surface area contributed by atoms with E-state index >= 15 is 0 Å². The Labute approximate surface area is 196 Å². The number of pyridine rings is 1. The molecule has 0 bridgehead atoms. The number of hydrogen-bond acceptors (Lipinski definition) is 10. The molecule has 0 spiro atoms. The van der Waals surface area contributed by atoms with Gasteiger partial charge in [0.05, 0.1) is 0 Å². The highest BCUT2D eigenvalue weighted by Crippen LogP contribution is 2.31. The first kappa shape index (κ1) is 22.2. The second-order valence-electron chi connectivity index (χ2n) is 7.80. The van der Waals surface area contributed by atoms with Gasteiger partial charge in [0, 0.05) is 42.0 Å². The van der Waals surface area contributed by atoms with Crippen molar-refractivity contribution in [3.63, 3.8) is 0 Å². The fourth-order valence-corrected chi connectivity index (χ4v) is 4.41. The van der Waals surface area contributed by atoms with Crippen LogP contribution in [-0.4, -0.2) is 43.2 Å². The Kier molecular flexibility index (Phi) is 5.86. The number of aromatic nitrogens is 6. The lowest BCUT2D eigenvalue weighted by atomic mass is 9.94. The molecule has 0 amide bonds. The van der Waals surface area contributed by atoms with E-state index in [1.54, 1.807) is 41.9 Å². The number of hydrogen-bond donors (Lipinski definition) is 1. The quantitative estimate of drug-likeness (QED) is 0.423. The van der Waals surface area contributed by atoms with Crippen LogP contribution >= 0.6 is 11.3 Å². The largest absolute Gasteiger partial charge is 0.471 e. The van der Waals surface area contributed by atoms with Crippen LogP contribution in [0.2, 0.25) is 0 Å². The van der Waals surface area contributed by atoms with E-state index in [1.807, 2.05) is 13.0 Å². The number of anilines is 3. The highest BCUT2D eigenvalue weighted by Gasteiger charge is 2.38. The Bertz CT molecular complexity index is 1290. The Balaban J connectivity index is 1.33. The fraction of sp³-hybridized carbons (Fsp3) is 0.333. The molecule has 5 rings (SSSR count). The summed E-state index contributed by atoms with van der Waals surface area (Å²) in [5.41, 5.74) is 0.975. The number of thiazole rings is 1. The van der Waals surface area contributed by atoms with Crippen LogP contribution < -0.4 is 10.2 Å². The van der Waals surface area contributed by atoms with Crippen LogP contribution in [0.4, 0.5) is 30.1 Å². The normalized spacial score (nSPS) is 16.6. The molecular weight excluding hydrogens is 469 g/mol. The topological polar surface area (TPSA) is 106 Å². The van der Waals surface area contributed by atoms with E-state index in [-0.39, 0.29) is 17.4 Å². The van der Waals surface area contributed by atoms with Gasteiger partial charge in [0.1, 0.15) is 11.5 Å². The smallest absolute Gasteiger partial charge is 0.340 e. The number of nitrogens with one attached hydrogen (secondary N) is 1. The molecule has 1 fully saturated rings. The van der Waals surface area contributed by atoms with Crippen LogP contribution in [0.1, 0.15) is 35.2 Å². The first-order valence-electron chi connectivity index (χ1n) is 10.5. The molecule has 0 aliphatic carbocycles. The van der Waals surface area contributed by atoms with Crippen LogP contribution in [0.15, 0.2) is 41.2 Å². The lowest BCUT2D eigenvalue weighted by Gasteiger charge is -2.32. The molecule has 1 aliphatic rings. The van der Waals surface area contributed by atoms with Crippen LogP contribution in [-0.2, 0) is 6.18 Å². The van der Waals surface area contributed by atoms with Gasteiger partial charge in [-0.25, -0.2) is 15.0 Å². The fourth-order valence-electron chi connectivity index (χ4n) is 3.74. The molecule has 5 heterocycles. The molecule has 34 heavy (non-hydrogen) atoms. The summed E-state index contributed by atoms with van der Waals surface area (Å²) in [5.74, 6) is -0.297. The molecule has 1 saturated heterocycles. The summed E-state index contributed by atoms with van der Waals surface area (Å²) in [5, 5.41) is 7.40. The molecule has 1 atom stereocenters. The summed E-state index contributed by atoms with van der Waals surface area (Å²) in [4.78, 5) is 24.5. The van der Waals surface area contributed by atoms with Crippen molar-refractivity contribution in [2.75, 3.05) is 23.3 Å². The second-order valence-corrected chi connectivity index (χ2v) is 9.03. The minimum atomic E-state index is -4.70. The van der Waals surface area contributed by atoms with Gasteiger partial charge in [0.15, 0.2) is 5.13 Å². The average molecular weight is 488 g/mol. The molecule has 0 aromatic carbocycles. The Morgan fingerprint density at radius 3 is 2.79 bits per heavy atom. The number of aryl methyl sites for hydroxylation is 1. The molecule has 0 saturated carbocycles. The van der Waals surface area contributed by atoms with Crippen LogP contribution in [0.5, 0.6) is 0 Å². The summed E-state index contributed by atoms with van der Waals surface area (Å²) in [6.07, 6.45) is 0.563. The minimum absolute atomic E-state index is 0.0458. The van der Waals surface area contributed by atoms with Gasteiger partial charge in [-0.15, -0.1) is 11.3 Å². The standard InChI is InChI=1S/C21H19F3N8OS/c1-12-10-26-20(34-12)29-16-7-8-25-19(28-16)32-9-3-4-13(11-32)14-5-2-6-15(27-14)17-30-18(33-31-17)21(22,23)24/h2,5-8,10,13H,3-4,9,11H2,1H3,(H,25,26,28,29)/t13-/m1/s1. The van der Waals surface area contributed by atoms with Crippen molar-refractivity contribution >= 4 is 28.2 Å². The maximum absolute atomic E-state index is 12.8. The predicted octanol–water partition coefficient (Wildman–Crippen LogP) is 4.83. The van der Waals surface area contributed by atoms with Crippen LogP contribution in [0.25, 0.3) is 11.5 Å². The number of piperidine rings is 1. The Morgan fingerprint density at radius 1 is 1.15 bits per heavy atom. The first-order valence-corrected chi connectivity index (χ1v) is 11.3. The molecule has 0 unspecified atom stereocenters. The molecule has 13 heteroatoms. The second kappa shape index (κ2) is 8.97. The van der Waals surface area contributed by atoms with E-state index in [1.165, 1.54) is 0 Å². The van der Waals surface area contributed by atoms with Gasteiger partial charge < -0.3 is 14.7 Å². The SMILES string of the molecule is Cc1cnc(Nc2ccnc(N3CCC[C@@H](c4cccc(-c5noc(C(F)(F)F)n5)n4)C3)n2)s1. The molecule has 0 radical (unpaired) electrons. The summed E-state index contributed by atoms with van der Waals surface area (Å²) in [7, 11) is 0. The lowest BCUT2D eigenvalue weighted by Crippen LogP contribution is -2.35. The monoisotopic (exact) mass is 488 g/mol. The van der Waals surface area contributed by atoms with Crippen molar-refractivity contribution < 1.29 is 17.7 Å². The Morgan fingerprint density at radius 2 is 2.03 bits per heavy atom. The molecule has 4 aromatic heterocycles. The zero-order chi connectivity index (χ0) is 23.7. The summed E-state index contributed by atoms with van der Waals surface area (Å²) >= 11 is 1.54. The molecule has 1 aliphatic heterocycles.